The Bertz CT molecular complexity index is 849. The Morgan fingerprint density at radius 3 is 2.34 bits per heavy atom. The SMILES string of the molecule is CCOC(=O)c1ccc(NC(=O)C2CC2C(=O)NCCCc2ccccc2)cc1. The van der Waals surface area contributed by atoms with Crippen molar-refractivity contribution in [3.8, 4) is 0 Å². The van der Waals surface area contributed by atoms with Crippen molar-refractivity contribution in [3.05, 3.63) is 65.7 Å². The van der Waals surface area contributed by atoms with Gasteiger partial charge < -0.3 is 15.4 Å². The van der Waals surface area contributed by atoms with Gasteiger partial charge in [-0.05, 0) is 56.0 Å². The van der Waals surface area contributed by atoms with Gasteiger partial charge in [0.2, 0.25) is 11.8 Å². The van der Waals surface area contributed by atoms with Gasteiger partial charge in [-0.2, -0.15) is 0 Å². The van der Waals surface area contributed by atoms with Crippen LogP contribution in [0.2, 0.25) is 0 Å². The molecule has 2 unspecified atom stereocenters. The molecule has 2 aromatic rings. The maximum absolute atomic E-state index is 12.3. The van der Waals surface area contributed by atoms with Crippen molar-refractivity contribution in [2.24, 2.45) is 11.8 Å². The van der Waals surface area contributed by atoms with E-state index in [1.165, 1.54) is 5.56 Å². The first-order valence-electron chi connectivity index (χ1n) is 9.98. The largest absolute Gasteiger partial charge is 0.462 e. The van der Waals surface area contributed by atoms with E-state index < -0.39 is 5.97 Å². The molecular formula is C23H26N2O4. The highest BCUT2D eigenvalue weighted by molar-refractivity contribution is 5.99. The van der Waals surface area contributed by atoms with Gasteiger partial charge in [0, 0.05) is 12.2 Å². The number of hydrogen-bond donors (Lipinski definition) is 2. The van der Waals surface area contributed by atoms with Crippen LogP contribution in [0.15, 0.2) is 54.6 Å². The van der Waals surface area contributed by atoms with E-state index in [1.807, 2.05) is 18.2 Å². The predicted molar refractivity (Wildman–Crippen MR) is 110 cm³/mol. The number of carbonyl (C=O) groups is 3. The van der Waals surface area contributed by atoms with Crippen molar-refractivity contribution in [2.45, 2.75) is 26.2 Å². The van der Waals surface area contributed by atoms with E-state index in [9.17, 15) is 14.4 Å². The maximum Gasteiger partial charge on any atom is 0.338 e. The minimum atomic E-state index is -0.392. The van der Waals surface area contributed by atoms with Gasteiger partial charge in [0.15, 0.2) is 0 Å². The molecule has 1 saturated carbocycles. The molecule has 6 nitrogen and oxygen atoms in total. The lowest BCUT2D eigenvalue weighted by molar-refractivity contribution is -0.125. The highest BCUT2D eigenvalue weighted by atomic mass is 16.5. The Morgan fingerprint density at radius 2 is 1.66 bits per heavy atom. The highest BCUT2D eigenvalue weighted by Gasteiger charge is 2.47. The summed E-state index contributed by atoms with van der Waals surface area (Å²) in [5.74, 6) is -1.18. The zero-order chi connectivity index (χ0) is 20.6. The summed E-state index contributed by atoms with van der Waals surface area (Å²) >= 11 is 0. The molecule has 2 amide bonds. The molecule has 2 atom stereocenters. The Hall–Kier alpha value is -3.15. The van der Waals surface area contributed by atoms with E-state index in [1.54, 1.807) is 31.2 Å². The summed E-state index contributed by atoms with van der Waals surface area (Å²) in [5, 5.41) is 5.73. The molecule has 3 rings (SSSR count). The van der Waals surface area contributed by atoms with Crippen LogP contribution in [0.25, 0.3) is 0 Å². The first-order chi connectivity index (χ1) is 14.1. The van der Waals surface area contributed by atoms with Crippen molar-refractivity contribution >= 4 is 23.5 Å². The Balaban J connectivity index is 1.38. The summed E-state index contributed by atoms with van der Waals surface area (Å²) in [6.07, 6.45) is 2.35. The molecule has 0 aromatic heterocycles. The second-order valence-corrected chi connectivity index (χ2v) is 7.12. The summed E-state index contributed by atoms with van der Waals surface area (Å²) in [7, 11) is 0. The van der Waals surface area contributed by atoms with Gasteiger partial charge in [0.05, 0.1) is 24.0 Å². The standard InChI is InChI=1S/C23H26N2O4/c1-2-29-23(28)17-10-12-18(13-11-17)25-22(27)20-15-19(20)21(26)24-14-6-9-16-7-4-3-5-8-16/h3-5,7-8,10-13,19-20H,2,6,9,14-15H2,1H3,(H,24,26)(H,25,27). The van der Waals surface area contributed by atoms with Crippen LogP contribution in [0.3, 0.4) is 0 Å². The molecule has 2 N–H and O–H groups in total. The van der Waals surface area contributed by atoms with Crippen LogP contribution in [0.1, 0.15) is 35.7 Å². The molecule has 0 spiro atoms. The molecule has 0 radical (unpaired) electrons. The van der Waals surface area contributed by atoms with Crippen LogP contribution in [0.5, 0.6) is 0 Å². The van der Waals surface area contributed by atoms with Crippen LogP contribution in [0.4, 0.5) is 5.69 Å². The summed E-state index contributed by atoms with van der Waals surface area (Å²) in [4.78, 5) is 36.2. The van der Waals surface area contributed by atoms with E-state index >= 15 is 0 Å². The minimum absolute atomic E-state index is 0.0594. The lowest BCUT2D eigenvalue weighted by Crippen LogP contribution is -2.28. The first-order valence-corrected chi connectivity index (χ1v) is 9.98. The molecule has 0 heterocycles. The van der Waals surface area contributed by atoms with Crippen LogP contribution >= 0.6 is 0 Å². The fraction of sp³-hybridized carbons (Fsp3) is 0.348. The Kier molecular flexibility index (Phi) is 7.00. The first kappa shape index (κ1) is 20.6. The third-order valence-electron chi connectivity index (χ3n) is 4.91. The molecule has 1 aliphatic rings. The van der Waals surface area contributed by atoms with Gasteiger partial charge in [0.1, 0.15) is 0 Å². The quantitative estimate of drug-likeness (QED) is 0.505. The zero-order valence-electron chi connectivity index (χ0n) is 16.5. The van der Waals surface area contributed by atoms with Crippen LogP contribution < -0.4 is 10.6 Å². The van der Waals surface area contributed by atoms with Crippen LogP contribution in [-0.4, -0.2) is 30.9 Å². The third kappa shape index (κ3) is 5.91. The van der Waals surface area contributed by atoms with E-state index in [2.05, 4.69) is 22.8 Å². The summed E-state index contributed by atoms with van der Waals surface area (Å²) in [6.45, 7) is 2.67. The molecule has 2 aromatic carbocycles. The molecule has 1 aliphatic carbocycles. The lowest BCUT2D eigenvalue weighted by atomic mass is 10.1. The van der Waals surface area contributed by atoms with E-state index in [4.69, 9.17) is 4.74 Å². The van der Waals surface area contributed by atoms with Crippen molar-refractivity contribution in [2.75, 3.05) is 18.5 Å². The summed E-state index contributed by atoms with van der Waals surface area (Å²) in [6, 6.07) is 16.7. The van der Waals surface area contributed by atoms with Gasteiger partial charge in [-0.3, -0.25) is 9.59 Å². The topological polar surface area (TPSA) is 84.5 Å². The number of carbonyl (C=O) groups excluding carboxylic acids is 3. The van der Waals surface area contributed by atoms with Crippen molar-refractivity contribution < 1.29 is 19.1 Å². The van der Waals surface area contributed by atoms with Crippen LogP contribution in [-0.2, 0) is 20.7 Å². The van der Waals surface area contributed by atoms with Crippen molar-refractivity contribution in [3.63, 3.8) is 0 Å². The van der Waals surface area contributed by atoms with E-state index in [-0.39, 0.29) is 23.7 Å². The number of benzene rings is 2. The number of rotatable bonds is 9. The van der Waals surface area contributed by atoms with Crippen molar-refractivity contribution in [1.82, 2.24) is 5.32 Å². The number of aryl methyl sites for hydroxylation is 1. The molecule has 0 saturated heterocycles. The van der Waals surface area contributed by atoms with Crippen LogP contribution in [0, 0.1) is 11.8 Å². The van der Waals surface area contributed by atoms with Gasteiger partial charge in [-0.1, -0.05) is 30.3 Å². The normalized spacial score (nSPS) is 17.3. The van der Waals surface area contributed by atoms with E-state index in [0.29, 0.717) is 30.8 Å². The monoisotopic (exact) mass is 394 g/mol. The number of ether oxygens (including phenoxy) is 1. The number of nitrogens with one attached hydrogen (secondary N) is 2. The second-order valence-electron chi connectivity index (χ2n) is 7.12. The molecule has 6 heteroatoms. The summed E-state index contributed by atoms with van der Waals surface area (Å²) in [5.41, 5.74) is 2.28. The number of amides is 2. The second kappa shape index (κ2) is 9.87. The molecule has 29 heavy (non-hydrogen) atoms. The minimum Gasteiger partial charge on any atom is -0.462 e. The number of esters is 1. The summed E-state index contributed by atoms with van der Waals surface area (Å²) < 4.78 is 4.93. The van der Waals surface area contributed by atoms with Gasteiger partial charge >= 0.3 is 5.97 Å². The molecule has 1 fully saturated rings. The third-order valence-corrected chi connectivity index (χ3v) is 4.91. The lowest BCUT2D eigenvalue weighted by Gasteiger charge is -2.07. The highest BCUT2D eigenvalue weighted by Crippen LogP contribution is 2.39. The smallest absolute Gasteiger partial charge is 0.338 e. The molecule has 0 aliphatic heterocycles. The van der Waals surface area contributed by atoms with Gasteiger partial charge in [-0.15, -0.1) is 0 Å². The van der Waals surface area contributed by atoms with Gasteiger partial charge in [-0.25, -0.2) is 4.79 Å². The number of hydrogen-bond acceptors (Lipinski definition) is 4. The Labute approximate surface area is 170 Å². The van der Waals surface area contributed by atoms with Crippen molar-refractivity contribution in [1.29, 1.82) is 0 Å². The number of anilines is 1. The van der Waals surface area contributed by atoms with E-state index in [0.717, 1.165) is 12.8 Å². The average Bonchev–Trinajstić information content (AvgIpc) is 3.54. The predicted octanol–water partition coefficient (Wildman–Crippen LogP) is 3.19. The fourth-order valence-electron chi connectivity index (χ4n) is 3.19. The fourth-order valence-corrected chi connectivity index (χ4v) is 3.19. The Morgan fingerprint density at radius 1 is 0.966 bits per heavy atom. The molecular weight excluding hydrogens is 368 g/mol. The average molecular weight is 394 g/mol. The zero-order valence-corrected chi connectivity index (χ0v) is 16.5. The van der Waals surface area contributed by atoms with Gasteiger partial charge in [0.25, 0.3) is 0 Å². The molecule has 152 valence electrons. The molecule has 0 bridgehead atoms. The maximum atomic E-state index is 12.3.